The third-order valence-electron chi connectivity index (χ3n) is 0.782. The van der Waals surface area contributed by atoms with Crippen LogP contribution in [0.15, 0.2) is 0 Å². The first-order valence-corrected chi connectivity index (χ1v) is 2.07. The normalized spacial score (nSPS) is 9.12. The minimum atomic E-state index is 0.463. The lowest BCUT2D eigenvalue weighted by Crippen LogP contribution is -1.96. The van der Waals surface area contributed by atoms with Crippen molar-refractivity contribution in [1.29, 1.82) is 5.41 Å². The lowest BCUT2D eigenvalue weighted by molar-refractivity contribution is 0.707. The highest BCUT2D eigenvalue weighted by molar-refractivity contribution is 5.70. The lowest BCUT2D eigenvalue weighted by atomic mass is 10.7. The van der Waals surface area contributed by atoms with Crippen LogP contribution in [0.5, 0.6) is 0 Å². The van der Waals surface area contributed by atoms with E-state index in [4.69, 9.17) is 5.41 Å². The summed E-state index contributed by atoms with van der Waals surface area (Å²) in [6.07, 6.45) is 1.10. The van der Waals surface area contributed by atoms with Crippen molar-refractivity contribution in [1.82, 2.24) is 20.2 Å². The molecule has 0 unspecified atom stereocenters. The minimum Gasteiger partial charge on any atom is -0.305 e. The summed E-state index contributed by atoms with van der Waals surface area (Å²) < 4.78 is 1.42. The molecular weight excluding hydrogens is 106 g/mol. The second kappa shape index (κ2) is 1.69. The summed E-state index contributed by atoms with van der Waals surface area (Å²) in [7, 11) is 1.68. The first-order valence-electron chi connectivity index (χ1n) is 2.07. The Hall–Kier alpha value is -1.26. The maximum Gasteiger partial charge on any atom is 0.192 e. The maximum atomic E-state index is 6.71. The Bertz CT molecular complexity index is 189. The molecule has 1 heterocycles. The van der Waals surface area contributed by atoms with E-state index in [-0.39, 0.29) is 0 Å². The number of hydrogen-bond acceptors (Lipinski definition) is 4. The van der Waals surface area contributed by atoms with Gasteiger partial charge in [-0.25, -0.2) is 4.68 Å². The number of nitrogens with one attached hydrogen (secondary N) is 1. The summed E-state index contributed by atoms with van der Waals surface area (Å²) in [6, 6.07) is 0. The first-order chi connectivity index (χ1) is 3.84. The zero-order valence-corrected chi connectivity index (χ0v) is 4.37. The second-order valence-electron chi connectivity index (χ2n) is 1.31. The van der Waals surface area contributed by atoms with E-state index < -0.39 is 0 Å². The van der Waals surface area contributed by atoms with Gasteiger partial charge in [-0.3, -0.25) is 0 Å². The van der Waals surface area contributed by atoms with Crippen LogP contribution in [0.4, 0.5) is 0 Å². The molecular formula is C3H5N5. The Kier molecular flexibility index (Phi) is 1.03. The van der Waals surface area contributed by atoms with E-state index in [1.807, 2.05) is 0 Å². The molecule has 5 nitrogen and oxygen atoms in total. The van der Waals surface area contributed by atoms with Gasteiger partial charge in [-0.1, -0.05) is 0 Å². The van der Waals surface area contributed by atoms with Crippen LogP contribution in [-0.2, 0) is 7.05 Å². The number of nitrogens with zero attached hydrogens (tertiary/aromatic N) is 4. The molecule has 1 N–H and O–H groups in total. The van der Waals surface area contributed by atoms with Crippen LogP contribution in [0.2, 0.25) is 0 Å². The van der Waals surface area contributed by atoms with Crippen LogP contribution in [0.1, 0.15) is 5.82 Å². The quantitative estimate of drug-likeness (QED) is 0.483. The predicted molar refractivity (Wildman–Crippen MR) is 26.7 cm³/mol. The summed E-state index contributed by atoms with van der Waals surface area (Å²) in [5.41, 5.74) is 0. The molecule has 0 aliphatic rings. The van der Waals surface area contributed by atoms with Crippen molar-refractivity contribution in [2.24, 2.45) is 7.05 Å². The molecule has 0 aliphatic heterocycles. The maximum absolute atomic E-state index is 6.71. The Balaban J connectivity index is 3.09. The first kappa shape index (κ1) is 4.89. The number of aryl methyl sites for hydroxylation is 1. The topological polar surface area (TPSA) is 67.5 Å². The predicted octanol–water partition coefficient (Wildman–Crippen LogP) is -0.792. The molecule has 0 fully saturated rings. The highest BCUT2D eigenvalue weighted by Crippen LogP contribution is 1.77. The summed E-state index contributed by atoms with van der Waals surface area (Å²) in [4.78, 5) is 0. The van der Waals surface area contributed by atoms with Crippen molar-refractivity contribution in [3.05, 3.63) is 5.82 Å². The van der Waals surface area contributed by atoms with Gasteiger partial charge in [-0.2, -0.15) is 0 Å². The van der Waals surface area contributed by atoms with E-state index in [1.54, 1.807) is 7.05 Å². The third kappa shape index (κ3) is 0.575. The molecule has 0 radical (unpaired) electrons. The van der Waals surface area contributed by atoms with Crippen LogP contribution in [0, 0.1) is 5.41 Å². The van der Waals surface area contributed by atoms with Gasteiger partial charge in [-0.05, 0) is 10.4 Å². The van der Waals surface area contributed by atoms with E-state index in [0.717, 1.165) is 6.21 Å². The van der Waals surface area contributed by atoms with Crippen LogP contribution < -0.4 is 0 Å². The smallest absolute Gasteiger partial charge is 0.192 e. The summed E-state index contributed by atoms with van der Waals surface area (Å²) in [6.45, 7) is 0. The molecule has 0 amide bonds. The number of tetrazole rings is 1. The van der Waals surface area contributed by atoms with Crippen molar-refractivity contribution >= 4 is 6.21 Å². The Morgan fingerprint density at radius 3 is 2.75 bits per heavy atom. The zero-order chi connectivity index (χ0) is 5.98. The van der Waals surface area contributed by atoms with Crippen molar-refractivity contribution in [3.8, 4) is 0 Å². The van der Waals surface area contributed by atoms with E-state index >= 15 is 0 Å². The van der Waals surface area contributed by atoms with Gasteiger partial charge in [-0.15, -0.1) is 5.10 Å². The standard InChI is InChI=1S/C3H5N5/c1-8-3(2-4)5-6-7-8/h2,4H,1H3. The van der Waals surface area contributed by atoms with Crippen LogP contribution in [-0.4, -0.2) is 26.4 Å². The SMILES string of the molecule is Cn1nnnc1C=N. The van der Waals surface area contributed by atoms with Gasteiger partial charge in [0.1, 0.15) is 0 Å². The third-order valence-corrected chi connectivity index (χ3v) is 0.782. The molecule has 42 valence electrons. The Labute approximate surface area is 45.8 Å². The Morgan fingerprint density at radius 2 is 2.50 bits per heavy atom. The summed E-state index contributed by atoms with van der Waals surface area (Å²) in [5.74, 6) is 0.463. The molecule has 1 aromatic heterocycles. The van der Waals surface area contributed by atoms with Crippen LogP contribution in [0.25, 0.3) is 0 Å². The molecule has 1 aromatic rings. The molecule has 0 bridgehead atoms. The summed E-state index contributed by atoms with van der Waals surface area (Å²) in [5, 5.41) is 17.0. The highest BCUT2D eigenvalue weighted by atomic mass is 15.5. The van der Waals surface area contributed by atoms with E-state index in [9.17, 15) is 0 Å². The van der Waals surface area contributed by atoms with E-state index in [0.29, 0.717) is 5.82 Å². The van der Waals surface area contributed by atoms with Crippen molar-refractivity contribution in [2.75, 3.05) is 0 Å². The molecule has 0 aliphatic carbocycles. The second-order valence-corrected chi connectivity index (χ2v) is 1.31. The number of hydrogen-bond donors (Lipinski definition) is 1. The van der Waals surface area contributed by atoms with Gasteiger partial charge in [0.15, 0.2) is 5.82 Å². The monoisotopic (exact) mass is 111 g/mol. The van der Waals surface area contributed by atoms with Gasteiger partial charge in [0, 0.05) is 7.05 Å². The van der Waals surface area contributed by atoms with Gasteiger partial charge >= 0.3 is 0 Å². The number of aromatic nitrogens is 4. The van der Waals surface area contributed by atoms with Gasteiger partial charge in [0.25, 0.3) is 0 Å². The van der Waals surface area contributed by atoms with Crippen molar-refractivity contribution < 1.29 is 0 Å². The molecule has 0 saturated heterocycles. The van der Waals surface area contributed by atoms with Crippen LogP contribution in [0.3, 0.4) is 0 Å². The molecule has 1 rings (SSSR count). The molecule has 8 heavy (non-hydrogen) atoms. The average Bonchev–Trinajstić information content (AvgIpc) is 2.14. The number of rotatable bonds is 1. The van der Waals surface area contributed by atoms with Crippen LogP contribution >= 0.6 is 0 Å². The molecule has 0 spiro atoms. The Morgan fingerprint density at radius 1 is 1.75 bits per heavy atom. The van der Waals surface area contributed by atoms with Gasteiger partial charge in [0.2, 0.25) is 0 Å². The molecule has 0 atom stereocenters. The largest absolute Gasteiger partial charge is 0.305 e. The molecule has 0 aromatic carbocycles. The minimum absolute atomic E-state index is 0.463. The highest BCUT2D eigenvalue weighted by Gasteiger charge is 1.92. The fraction of sp³-hybridized carbons (Fsp3) is 0.333. The van der Waals surface area contributed by atoms with E-state index in [1.165, 1.54) is 4.68 Å². The fourth-order valence-electron chi connectivity index (χ4n) is 0.359. The molecule has 0 saturated carbocycles. The molecule has 5 heteroatoms. The zero-order valence-electron chi connectivity index (χ0n) is 4.37. The van der Waals surface area contributed by atoms with Gasteiger partial charge in [0.05, 0.1) is 6.21 Å². The van der Waals surface area contributed by atoms with Crippen molar-refractivity contribution in [2.45, 2.75) is 0 Å². The lowest BCUT2D eigenvalue weighted by Gasteiger charge is -1.82. The van der Waals surface area contributed by atoms with Crippen molar-refractivity contribution in [3.63, 3.8) is 0 Å². The van der Waals surface area contributed by atoms with Gasteiger partial charge < -0.3 is 5.41 Å². The fourth-order valence-corrected chi connectivity index (χ4v) is 0.359. The summed E-state index contributed by atoms with van der Waals surface area (Å²) >= 11 is 0. The average molecular weight is 111 g/mol. The van der Waals surface area contributed by atoms with E-state index in [2.05, 4.69) is 15.5 Å².